The van der Waals surface area contributed by atoms with E-state index in [1.54, 1.807) is 0 Å². The minimum absolute atomic E-state index is 0.147. The number of likely N-dealkylation sites (N-methyl/N-ethyl adjacent to an activating group) is 1. The Kier molecular flexibility index (Phi) is 5.63. The minimum atomic E-state index is 0.147. The van der Waals surface area contributed by atoms with Crippen LogP contribution in [0.5, 0.6) is 0 Å². The Morgan fingerprint density at radius 2 is 2.32 bits per heavy atom. The zero-order valence-corrected chi connectivity index (χ0v) is 13.5. The van der Waals surface area contributed by atoms with Gasteiger partial charge >= 0.3 is 0 Å². The average Bonchev–Trinajstić information content (AvgIpc) is 2.45. The van der Waals surface area contributed by atoms with Gasteiger partial charge in [-0.25, -0.2) is 0 Å². The van der Waals surface area contributed by atoms with E-state index in [4.69, 9.17) is 0 Å². The first-order chi connectivity index (χ1) is 9.20. The number of amides is 1. The number of hydrogen-bond donors (Lipinski definition) is 1. The second kappa shape index (κ2) is 7.24. The van der Waals surface area contributed by atoms with E-state index in [-0.39, 0.29) is 5.91 Å². The molecule has 1 aromatic rings. The van der Waals surface area contributed by atoms with Gasteiger partial charge in [0, 0.05) is 28.3 Å². The molecule has 1 atom stereocenters. The molecule has 1 unspecified atom stereocenters. The molecule has 0 radical (unpaired) electrons. The van der Waals surface area contributed by atoms with Gasteiger partial charge in [-0.15, -0.1) is 0 Å². The lowest BCUT2D eigenvalue weighted by molar-refractivity contribution is 0.0741. The molecule has 0 bridgehead atoms. The maximum Gasteiger partial charge on any atom is 0.253 e. The first-order valence-corrected chi connectivity index (χ1v) is 8.07. The first kappa shape index (κ1) is 14.8. The number of hydrogen-bond acceptors (Lipinski definition) is 2. The Labute approximate surface area is 128 Å². The molecule has 1 saturated heterocycles. The molecule has 0 saturated carbocycles. The summed E-state index contributed by atoms with van der Waals surface area (Å²) in [5.74, 6) is 0.147. The van der Waals surface area contributed by atoms with Crippen molar-refractivity contribution in [3.05, 3.63) is 33.4 Å². The summed E-state index contributed by atoms with van der Waals surface area (Å²) < 4.78 is 1.11. The SMILES string of the molecule is CCN(CC1CCCCN1)C(=O)c1cccc(I)c1. The predicted molar refractivity (Wildman–Crippen MR) is 86.4 cm³/mol. The van der Waals surface area contributed by atoms with Crippen LogP contribution in [0.1, 0.15) is 36.5 Å². The third kappa shape index (κ3) is 4.18. The van der Waals surface area contributed by atoms with E-state index < -0.39 is 0 Å². The van der Waals surface area contributed by atoms with Gasteiger partial charge in [-0.1, -0.05) is 12.5 Å². The second-order valence-electron chi connectivity index (χ2n) is 5.00. The Bertz CT molecular complexity index is 430. The van der Waals surface area contributed by atoms with Crippen LogP contribution < -0.4 is 5.32 Å². The molecule has 0 spiro atoms. The van der Waals surface area contributed by atoms with Gasteiger partial charge in [0.15, 0.2) is 0 Å². The minimum Gasteiger partial charge on any atom is -0.337 e. The summed E-state index contributed by atoms with van der Waals surface area (Å²) in [6.07, 6.45) is 3.70. The van der Waals surface area contributed by atoms with Gasteiger partial charge in [0.25, 0.3) is 5.91 Å². The van der Waals surface area contributed by atoms with Crippen LogP contribution in [0.4, 0.5) is 0 Å². The van der Waals surface area contributed by atoms with Crippen molar-refractivity contribution in [2.45, 2.75) is 32.2 Å². The van der Waals surface area contributed by atoms with Gasteiger partial charge in [0.05, 0.1) is 0 Å². The van der Waals surface area contributed by atoms with Gasteiger partial charge in [-0.05, 0) is 67.1 Å². The molecule has 2 rings (SSSR count). The quantitative estimate of drug-likeness (QED) is 0.825. The van der Waals surface area contributed by atoms with Crippen LogP contribution in [0, 0.1) is 3.57 Å². The summed E-state index contributed by atoms with van der Waals surface area (Å²) in [4.78, 5) is 14.4. The van der Waals surface area contributed by atoms with Crippen LogP contribution in [0.2, 0.25) is 0 Å². The Morgan fingerprint density at radius 3 is 2.95 bits per heavy atom. The number of piperidine rings is 1. The molecule has 0 aromatic heterocycles. The molecule has 0 aliphatic carbocycles. The highest BCUT2D eigenvalue weighted by Gasteiger charge is 2.20. The molecule has 1 amide bonds. The molecule has 1 aliphatic rings. The molecule has 1 heterocycles. The van der Waals surface area contributed by atoms with Crippen molar-refractivity contribution >= 4 is 28.5 Å². The number of carbonyl (C=O) groups is 1. The highest BCUT2D eigenvalue weighted by Crippen LogP contribution is 2.13. The van der Waals surface area contributed by atoms with Crippen LogP contribution in [0.3, 0.4) is 0 Å². The van der Waals surface area contributed by atoms with Gasteiger partial charge in [0.2, 0.25) is 0 Å². The lowest BCUT2D eigenvalue weighted by atomic mass is 10.0. The van der Waals surface area contributed by atoms with E-state index in [1.807, 2.05) is 29.2 Å². The maximum absolute atomic E-state index is 12.5. The number of nitrogens with zero attached hydrogens (tertiary/aromatic N) is 1. The van der Waals surface area contributed by atoms with E-state index in [2.05, 4.69) is 34.8 Å². The molecule has 3 nitrogen and oxygen atoms in total. The summed E-state index contributed by atoms with van der Waals surface area (Å²) in [6.45, 7) is 4.72. The monoisotopic (exact) mass is 372 g/mol. The zero-order valence-electron chi connectivity index (χ0n) is 11.4. The standard InChI is InChI=1S/C15H21IN2O/c1-2-18(11-14-8-3-4-9-17-14)15(19)12-6-5-7-13(16)10-12/h5-7,10,14,17H,2-4,8-9,11H2,1H3. The van der Waals surface area contributed by atoms with Gasteiger partial charge in [-0.3, -0.25) is 4.79 Å². The van der Waals surface area contributed by atoms with E-state index in [1.165, 1.54) is 19.3 Å². The van der Waals surface area contributed by atoms with E-state index >= 15 is 0 Å². The van der Waals surface area contributed by atoms with Gasteiger partial charge in [-0.2, -0.15) is 0 Å². The molecular formula is C15H21IN2O. The molecule has 1 N–H and O–H groups in total. The molecular weight excluding hydrogens is 351 g/mol. The molecule has 1 aliphatic heterocycles. The van der Waals surface area contributed by atoms with E-state index in [0.717, 1.165) is 28.8 Å². The molecule has 104 valence electrons. The molecule has 19 heavy (non-hydrogen) atoms. The van der Waals surface area contributed by atoms with Crippen LogP contribution >= 0.6 is 22.6 Å². The maximum atomic E-state index is 12.5. The van der Waals surface area contributed by atoms with Crippen LogP contribution in [0.25, 0.3) is 0 Å². The van der Waals surface area contributed by atoms with E-state index in [9.17, 15) is 4.79 Å². The summed E-state index contributed by atoms with van der Waals surface area (Å²) in [5, 5.41) is 3.51. The number of rotatable bonds is 4. The smallest absolute Gasteiger partial charge is 0.253 e. The summed E-state index contributed by atoms with van der Waals surface area (Å²) >= 11 is 2.25. The van der Waals surface area contributed by atoms with Crippen molar-refractivity contribution < 1.29 is 4.79 Å². The van der Waals surface area contributed by atoms with Crippen LogP contribution in [0.15, 0.2) is 24.3 Å². The lowest BCUT2D eigenvalue weighted by Gasteiger charge is -2.30. The first-order valence-electron chi connectivity index (χ1n) is 6.99. The largest absolute Gasteiger partial charge is 0.337 e. The molecule has 1 aromatic carbocycles. The van der Waals surface area contributed by atoms with Crippen LogP contribution in [-0.4, -0.2) is 36.5 Å². The summed E-state index contributed by atoms with van der Waals surface area (Å²) in [7, 11) is 0. The third-order valence-corrected chi connectivity index (χ3v) is 4.26. The fourth-order valence-corrected chi connectivity index (χ4v) is 3.05. The normalized spacial score (nSPS) is 19.2. The summed E-state index contributed by atoms with van der Waals surface area (Å²) in [5.41, 5.74) is 0.796. The fraction of sp³-hybridized carbons (Fsp3) is 0.533. The predicted octanol–water partition coefficient (Wildman–Crippen LogP) is 2.90. The summed E-state index contributed by atoms with van der Waals surface area (Å²) in [6, 6.07) is 8.28. The van der Waals surface area contributed by atoms with Gasteiger partial charge < -0.3 is 10.2 Å². The molecule has 4 heteroatoms. The van der Waals surface area contributed by atoms with E-state index in [0.29, 0.717) is 6.04 Å². The van der Waals surface area contributed by atoms with Crippen molar-refractivity contribution in [2.24, 2.45) is 0 Å². The second-order valence-corrected chi connectivity index (χ2v) is 6.25. The van der Waals surface area contributed by atoms with Crippen molar-refractivity contribution in [1.29, 1.82) is 0 Å². The number of halogens is 1. The van der Waals surface area contributed by atoms with Crippen LogP contribution in [-0.2, 0) is 0 Å². The zero-order chi connectivity index (χ0) is 13.7. The average molecular weight is 372 g/mol. The van der Waals surface area contributed by atoms with Crippen molar-refractivity contribution in [1.82, 2.24) is 10.2 Å². The van der Waals surface area contributed by atoms with Crippen molar-refractivity contribution in [3.63, 3.8) is 0 Å². The Hall–Kier alpha value is -0.620. The van der Waals surface area contributed by atoms with Crippen molar-refractivity contribution in [2.75, 3.05) is 19.6 Å². The topological polar surface area (TPSA) is 32.3 Å². The highest BCUT2D eigenvalue weighted by atomic mass is 127. The third-order valence-electron chi connectivity index (χ3n) is 3.59. The number of nitrogens with one attached hydrogen (secondary N) is 1. The molecule has 1 fully saturated rings. The number of benzene rings is 1. The highest BCUT2D eigenvalue weighted by molar-refractivity contribution is 14.1. The van der Waals surface area contributed by atoms with Crippen molar-refractivity contribution in [3.8, 4) is 0 Å². The number of carbonyl (C=O) groups excluding carboxylic acids is 1. The Morgan fingerprint density at radius 1 is 1.47 bits per heavy atom. The Balaban J connectivity index is 2.02. The fourth-order valence-electron chi connectivity index (χ4n) is 2.51. The van der Waals surface area contributed by atoms with Gasteiger partial charge in [0.1, 0.15) is 0 Å². The lowest BCUT2D eigenvalue weighted by Crippen LogP contribution is -2.45.